The van der Waals surface area contributed by atoms with Crippen LogP contribution in [0.4, 0.5) is 0 Å². The highest BCUT2D eigenvalue weighted by Gasteiger charge is 2.28. The normalized spacial score (nSPS) is 11.3. The number of benzene rings is 18. The number of aromatic hydroxyl groups is 12. The molecule has 0 spiro atoms. The molecule has 141 heavy (non-hydrogen) atoms. The van der Waals surface area contributed by atoms with Gasteiger partial charge in [0.05, 0.1) is 26.4 Å². The first-order chi connectivity index (χ1) is 68.6. The fraction of sp³-hybridized carbons (Fsp3) is 0.133. The summed E-state index contributed by atoms with van der Waals surface area (Å²) in [7, 11) is 0. The van der Waals surface area contributed by atoms with Gasteiger partial charge in [0.15, 0.2) is 46.6 Å². The summed E-state index contributed by atoms with van der Waals surface area (Å²) in [5, 5.41) is 144. The Labute approximate surface area is 805 Å². The van der Waals surface area contributed by atoms with Gasteiger partial charge >= 0.3 is 24.0 Å². The van der Waals surface area contributed by atoms with E-state index in [1.54, 1.807) is 0 Å². The number of hydrogen-bond donors (Lipinski definition) is 12. The lowest BCUT2D eigenvalue weighted by Crippen LogP contribution is -2.05. The van der Waals surface area contributed by atoms with Crippen LogP contribution in [0, 0.1) is 0 Å². The molecule has 12 N–H and O–H groups in total. The Morgan fingerprint density at radius 1 is 0.191 bits per heavy atom. The molecule has 0 radical (unpaired) electrons. The molecule has 0 atom stereocenters. The van der Waals surface area contributed by atoms with Gasteiger partial charge in [-0.1, -0.05) is 241 Å². The van der Waals surface area contributed by atoms with Crippen molar-refractivity contribution in [3.63, 3.8) is 0 Å². The summed E-state index contributed by atoms with van der Waals surface area (Å²) < 4.78 is 23.1. The molecule has 700 valence electrons. The number of fused-ring (bicyclic) bond motifs is 9. The first-order valence-electron chi connectivity index (χ1n) is 46.0. The van der Waals surface area contributed by atoms with Crippen molar-refractivity contribution in [1.29, 1.82) is 0 Å². The predicted octanol–water partition coefficient (Wildman–Crippen LogP) is 24.6. The van der Waals surface area contributed by atoms with E-state index in [9.17, 15) is 61.3 Å². The van der Waals surface area contributed by atoms with E-state index >= 15 is 0 Å². The molecule has 22 aromatic rings. The molecule has 0 aliphatic rings. The highest BCUT2D eigenvalue weighted by Crippen LogP contribution is 2.48. The van der Waals surface area contributed by atoms with Gasteiger partial charge in [0.1, 0.15) is 91.2 Å². The van der Waals surface area contributed by atoms with Crippen molar-refractivity contribution in [2.24, 2.45) is 0 Å². The second-order valence-corrected chi connectivity index (χ2v) is 33.7. The molecule has 0 bridgehead atoms. The smallest absolute Gasteiger partial charge is 0.320 e. The Balaban J connectivity index is 0.000000120. The number of unbranched alkanes of at least 4 members (excludes halogenated alkanes) is 3. The van der Waals surface area contributed by atoms with Gasteiger partial charge in [-0.05, 0) is 170 Å². The van der Waals surface area contributed by atoms with Crippen molar-refractivity contribution in [2.75, 3.05) is 26.4 Å². The highest BCUT2D eigenvalue weighted by molar-refractivity contribution is 6.26. The van der Waals surface area contributed by atoms with E-state index in [0.717, 1.165) is 218 Å². The SMILES string of the molecule is CCCCCCOc1nc(-c2c(O)cc(O)cc2O)nc(-c2ccc3ccc4cccc5ccc2c3c45)n1.CCCOc1nc(-c2c(O)cc(O)cc2O)nc(-c2c3ccccc3cc3ccccc23)n1.CCCOc1nc(-c2c(O)cc(O)cc2O)nc(-c2cc3c4ccccc4ccc3c3ccccc23)n1.CCCOc1nc(-c2ccc3cc4ccccc4cc3c2)nc(-c2c(O)cc(O)cc2O)n1. The largest absolute Gasteiger partial charge is 0.508 e. The topological polar surface area (TPSA) is 434 Å². The lowest BCUT2D eigenvalue weighted by atomic mass is 9.92. The Bertz CT molecular complexity index is 8410. The van der Waals surface area contributed by atoms with Crippen molar-refractivity contribution in [3.8, 4) is 184 Å². The Morgan fingerprint density at radius 3 is 1.00 bits per heavy atom. The first-order valence-corrected chi connectivity index (χ1v) is 46.0. The summed E-state index contributed by atoms with van der Waals surface area (Å²) in [5.41, 5.74) is 3.05. The molecule has 0 aliphatic heterocycles. The number of aromatic nitrogens is 12. The highest BCUT2D eigenvalue weighted by atomic mass is 16.5. The van der Waals surface area contributed by atoms with Gasteiger partial charge in [-0.3, -0.25) is 0 Å². The maximum atomic E-state index is 10.5. The Morgan fingerprint density at radius 2 is 0.518 bits per heavy atom. The molecule has 0 saturated heterocycles. The zero-order valence-corrected chi connectivity index (χ0v) is 76.7. The number of rotatable bonds is 23. The van der Waals surface area contributed by atoms with Gasteiger partial charge in [0, 0.05) is 70.8 Å². The van der Waals surface area contributed by atoms with Crippen LogP contribution >= 0.6 is 0 Å². The van der Waals surface area contributed by atoms with E-state index in [0.29, 0.717) is 49.7 Å². The van der Waals surface area contributed by atoms with Gasteiger partial charge in [-0.15, -0.1) is 0 Å². The first kappa shape index (κ1) is 91.8. The van der Waals surface area contributed by atoms with E-state index < -0.39 is 0 Å². The summed E-state index contributed by atoms with van der Waals surface area (Å²) in [6, 6.07) is 87.0. The molecule has 0 unspecified atom stereocenters. The van der Waals surface area contributed by atoms with Crippen molar-refractivity contribution in [2.45, 2.75) is 72.6 Å². The number of hydrogen-bond acceptors (Lipinski definition) is 28. The van der Waals surface area contributed by atoms with Crippen molar-refractivity contribution < 1.29 is 80.2 Å². The second kappa shape index (κ2) is 39.9. The van der Waals surface area contributed by atoms with Gasteiger partial charge in [0.2, 0.25) is 0 Å². The van der Waals surface area contributed by atoms with Gasteiger partial charge < -0.3 is 80.2 Å². The van der Waals surface area contributed by atoms with E-state index in [1.807, 2.05) is 142 Å². The summed E-state index contributed by atoms with van der Waals surface area (Å²) in [6.07, 6.45) is 6.40. The van der Waals surface area contributed by atoms with Gasteiger partial charge in [-0.2, -0.15) is 39.9 Å². The van der Waals surface area contributed by atoms with Crippen LogP contribution in [0.1, 0.15) is 72.6 Å². The number of phenols is 12. The summed E-state index contributed by atoms with van der Waals surface area (Å²) >= 11 is 0. The fourth-order valence-corrected chi connectivity index (χ4v) is 17.5. The summed E-state index contributed by atoms with van der Waals surface area (Å²) in [5.74, 6) is -2.32. The van der Waals surface area contributed by atoms with Crippen LogP contribution in [0.3, 0.4) is 0 Å². The van der Waals surface area contributed by atoms with E-state index in [-0.39, 0.29) is 139 Å². The monoisotopic (exact) mass is 1870 g/mol. The second-order valence-electron chi connectivity index (χ2n) is 33.7. The molecule has 0 fully saturated rings. The minimum Gasteiger partial charge on any atom is -0.508 e. The number of phenolic OH excluding ortho intramolecular Hbond substituents is 12. The summed E-state index contributed by atoms with van der Waals surface area (Å²) in [6.45, 7) is 9.69. The quantitative estimate of drug-likeness (QED) is 0.0161. The Kier molecular flexibility index (Phi) is 26.0. The van der Waals surface area contributed by atoms with Crippen LogP contribution in [0.25, 0.3) is 199 Å². The Hall–Kier alpha value is -18.3. The molecule has 22 rings (SSSR count). The maximum Gasteiger partial charge on any atom is 0.320 e. The molecule has 0 saturated carbocycles. The van der Waals surface area contributed by atoms with E-state index in [4.69, 9.17) is 18.9 Å². The lowest BCUT2D eigenvalue weighted by molar-refractivity contribution is 0.281. The van der Waals surface area contributed by atoms with Crippen LogP contribution in [-0.4, -0.2) is 148 Å². The van der Waals surface area contributed by atoms with Crippen LogP contribution in [0.15, 0.2) is 279 Å². The average Bonchev–Trinajstić information content (AvgIpc) is 0.734. The molecule has 0 aliphatic carbocycles. The number of ether oxygens (including phenoxy) is 4. The molecule has 18 aromatic carbocycles. The van der Waals surface area contributed by atoms with E-state index in [1.165, 1.54) is 5.39 Å². The molecule has 4 aromatic heterocycles. The number of nitrogens with zero attached hydrogens (tertiary/aromatic N) is 12. The van der Waals surface area contributed by atoms with Crippen LogP contribution < -0.4 is 18.9 Å². The van der Waals surface area contributed by atoms with E-state index in [2.05, 4.69) is 176 Å². The molecular formula is C113H92N12O16. The van der Waals surface area contributed by atoms with Crippen LogP contribution in [0.5, 0.6) is 93.0 Å². The average molecular weight is 1870 g/mol. The van der Waals surface area contributed by atoms with Crippen molar-refractivity contribution in [3.05, 3.63) is 279 Å². The minimum atomic E-state index is -0.356. The standard InChI is InChI=1S/C31H27N3O4.C30H23N3O4.2C26H21N3O4/c1-2-3-4-5-15-38-31-33-29(32-30(34-31)28-24(36)16-21(35)17-25(28)37)23-14-12-20-10-9-18-7-6-8-19-11-13-22(23)27(20)26(18)19;1-2-13-37-30-32-28(31-29(33-30)27-25(35)14-18(34)15-26(27)36)24-16-23-19-8-4-3-7-17(19)11-12-22(23)20-9-5-6-10-21(20)24;1-2-11-33-26-28-24(27-25(29-26)23-20(31)13-17(30)14-21(23)32)22-18-9-5-3-7-15(18)12-16-8-4-6-10-19(16)22;1-2-9-33-26-28-24(27-25(29-26)23-21(31)13-20(30)14-22(23)32)18-8-7-17-10-15-5-3-4-6-16(15)11-19(17)12-18/h6-14,16-17,35-37H,2-5,15H2,1H3;3-12,14-16,34-36H,2,13H2,1H3;3-10,12-14,30-32H,2,11H2,1H3;3-8,10-14,30-32H,2,9H2,1H3. The maximum absolute atomic E-state index is 10.5. The summed E-state index contributed by atoms with van der Waals surface area (Å²) in [4.78, 5) is 54.2. The van der Waals surface area contributed by atoms with Crippen LogP contribution in [-0.2, 0) is 0 Å². The third kappa shape index (κ3) is 19.0. The van der Waals surface area contributed by atoms with Gasteiger partial charge in [-0.25, -0.2) is 19.9 Å². The third-order valence-electron chi connectivity index (χ3n) is 23.9. The van der Waals surface area contributed by atoms with Gasteiger partial charge in [0.25, 0.3) is 0 Å². The molecular weight excluding hydrogens is 1780 g/mol. The zero-order valence-electron chi connectivity index (χ0n) is 76.7. The van der Waals surface area contributed by atoms with Crippen molar-refractivity contribution >= 4 is 108 Å². The molecule has 28 heteroatoms. The molecule has 28 nitrogen and oxygen atoms in total. The zero-order chi connectivity index (χ0) is 97.6. The third-order valence-corrected chi connectivity index (χ3v) is 23.9. The predicted molar refractivity (Wildman–Crippen MR) is 546 cm³/mol. The lowest BCUT2D eigenvalue weighted by Gasteiger charge is -2.15. The fourth-order valence-electron chi connectivity index (χ4n) is 17.5. The van der Waals surface area contributed by atoms with Crippen molar-refractivity contribution in [1.82, 2.24) is 59.8 Å². The molecule has 4 heterocycles. The molecule has 0 amide bonds. The van der Waals surface area contributed by atoms with Crippen LogP contribution in [0.2, 0.25) is 0 Å². The minimum absolute atomic E-state index is 0.00000513.